The van der Waals surface area contributed by atoms with Crippen LogP contribution in [0.2, 0.25) is 0 Å². The molecule has 2 aromatic rings. The minimum absolute atomic E-state index is 0.242. The van der Waals surface area contributed by atoms with Crippen LogP contribution in [0, 0.1) is 0 Å². The largest absolute Gasteiger partial charge is 0.463 e. The third-order valence-corrected chi connectivity index (χ3v) is 3.35. The number of halogens is 1. The van der Waals surface area contributed by atoms with E-state index < -0.39 is 0 Å². The third kappa shape index (κ3) is 3.65. The summed E-state index contributed by atoms with van der Waals surface area (Å²) in [5.74, 6) is 0.0536. The molecular weight excluding hydrogens is 304 g/mol. The van der Waals surface area contributed by atoms with Crippen LogP contribution in [-0.2, 0) is 14.3 Å². The Balaban J connectivity index is 2.36. The number of ether oxygens (including phenoxy) is 1. The molecule has 0 aliphatic carbocycles. The lowest BCUT2D eigenvalue weighted by molar-refractivity contribution is -0.137. The predicted molar refractivity (Wildman–Crippen MR) is 86.4 cm³/mol. The second-order valence-electron chi connectivity index (χ2n) is 4.59. The van der Waals surface area contributed by atoms with E-state index in [9.17, 15) is 9.59 Å². The van der Waals surface area contributed by atoms with Crippen LogP contribution in [0.1, 0.15) is 25.2 Å². The fourth-order valence-electron chi connectivity index (χ4n) is 1.99. The Morgan fingerprint density at radius 3 is 2.82 bits per heavy atom. The smallest absolute Gasteiger partial charge is 0.331 e. The van der Waals surface area contributed by atoms with Gasteiger partial charge >= 0.3 is 5.97 Å². The van der Waals surface area contributed by atoms with Crippen LogP contribution < -0.4 is 0 Å². The number of esters is 1. The van der Waals surface area contributed by atoms with Crippen molar-refractivity contribution in [3.05, 3.63) is 47.7 Å². The van der Waals surface area contributed by atoms with Crippen molar-refractivity contribution < 1.29 is 18.7 Å². The quantitative estimate of drug-likeness (QED) is 0.471. The number of carbonyl (C=O) groups is 2. The van der Waals surface area contributed by atoms with E-state index in [1.165, 1.54) is 12.2 Å². The average Bonchev–Trinajstić information content (AvgIpc) is 2.90. The van der Waals surface area contributed by atoms with Gasteiger partial charge in [0.15, 0.2) is 0 Å². The summed E-state index contributed by atoms with van der Waals surface area (Å²) in [6.45, 7) is 3.93. The number of allylic oxidation sites excluding steroid dienone is 2. The maximum Gasteiger partial charge on any atom is 0.331 e. The first-order valence-electron chi connectivity index (χ1n) is 6.75. The van der Waals surface area contributed by atoms with Gasteiger partial charge in [-0.2, -0.15) is 0 Å². The summed E-state index contributed by atoms with van der Waals surface area (Å²) in [4.78, 5) is 21.9. The zero-order valence-electron chi connectivity index (χ0n) is 12.3. The first-order chi connectivity index (χ1) is 10.5. The van der Waals surface area contributed by atoms with Gasteiger partial charge in [-0.05, 0) is 43.2 Å². The van der Waals surface area contributed by atoms with E-state index in [1.807, 2.05) is 19.1 Å². The molecule has 2 rings (SSSR count). The van der Waals surface area contributed by atoms with Gasteiger partial charge in [0, 0.05) is 17.5 Å². The highest BCUT2D eigenvalue weighted by Crippen LogP contribution is 2.29. The summed E-state index contributed by atoms with van der Waals surface area (Å²) >= 11 is 5.95. The van der Waals surface area contributed by atoms with Crippen molar-refractivity contribution in [2.24, 2.45) is 0 Å². The van der Waals surface area contributed by atoms with Gasteiger partial charge in [0.1, 0.15) is 17.6 Å². The topological polar surface area (TPSA) is 56.5 Å². The maximum absolute atomic E-state index is 11.5. The summed E-state index contributed by atoms with van der Waals surface area (Å²) < 4.78 is 10.5. The number of furan rings is 1. The summed E-state index contributed by atoms with van der Waals surface area (Å²) in [5, 5.41) is 1.08. The molecule has 4 nitrogen and oxygen atoms in total. The lowest BCUT2D eigenvalue weighted by atomic mass is 10.1. The molecule has 1 aromatic heterocycles. The molecule has 22 heavy (non-hydrogen) atoms. The van der Waals surface area contributed by atoms with Crippen LogP contribution in [0.5, 0.6) is 0 Å². The number of hydrogen-bond donors (Lipinski definition) is 0. The Kier molecular flexibility index (Phi) is 5.17. The molecule has 0 atom stereocenters. The number of rotatable bonds is 5. The Hall–Kier alpha value is -2.33. The van der Waals surface area contributed by atoms with Gasteiger partial charge in [0.25, 0.3) is 0 Å². The minimum Gasteiger partial charge on any atom is -0.463 e. The van der Waals surface area contributed by atoms with Crippen LogP contribution in [0.3, 0.4) is 0 Å². The molecule has 5 heteroatoms. The molecule has 0 N–H and O–H groups in total. The summed E-state index contributed by atoms with van der Waals surface area (Å²) in [6.07, 6.45) is 3.28. The fraction of sp³-hybridized carbons (Fsp3) is 0.176. The predicted octanol–water partition coefficient (Wildman–Crippen LogP) is 4.18. The van der Waals surface area contributed by atoms with Gasteiger partial charge in [-0.15, -0.1) is 0 Å². The van der Waals surface area contributed by atoms with Crippen LogP contribution >= 0.6 is 11.6 Å². The van der Waals surface area contributed by atoms with Crippen molar-refractivity contribution >= 4 is 45.4 Å². The van der Waals surface area contributed by atoms with Crippen molar-refractivity contribution in [2.75, 3.05) is 6.61 Å². The van der Waals surface area contributed by atoms with E-state index in [4.69, 9.17) is 20.8 Å². The fourth-order valence-corrected chi connectivity index (χ4v) is 2.14. The lowest BCUT2D eigenvalue weighted by Crippen LogP contribution is -2.00. The molecule has 0 spiro atoms. The van der Waals surface area contributed by atoms with Gasteiger partial charge < -0.3 is 9.15 Å². The number of fused-ring (bicyclic) bond motifs is 1. The summed E-state index contributed by atoms with van der Waals surface area (Å²) in [7, 11) is 0. The maximum atomic E-state index is 11.5. The van der Waals surface area contributed by atoms with E-state index in [1.54, 1.807) is 19.1 Å². The zero-order chi connectivity index (χ0) is 16.1. The van der Waals surface area contributed by atoms with Gasteiger partial charge in [0.2, 0.25) is 0 Å². The molecule has 1 heterocycles. The van der Waals surface area contributed by atoms with Crippen molar-refractivity contribution in [2.45, 2.75) is 13.8 Å². The first-order valence-corrected chi connectivity index (χ1v) is 7.13. The number of benzene rings is 1. The molecule has 0 aliphatic rings. The standard InChI is InChI=1S/C17H15ClO4/c1-3-21-17(20)8-11(2)12-4-5-15-13(9-12)10-16(22-15)14(18)6-7-19/h4-10H,3H2,1-2H3/b11-8+,14-6-. The number of carbonyl (C=O) groups excluding carboxylic acids is 2. The van der Waals surface area contributed by atoms with E-state index >= 15 is 0 Å². The van der Waals surface area contributed by atoms with Crippen LogP contribution in [-0.4, -0.2) is 18.9 Å². The Labute approximate surface area is 133 Å². The monoisotopic (exact) mass is 318 g/mol. The Morgan fingerprint density at radius 1 is 1.36 bits per heavy atom. The molecule has 0 fully saturated rings. The number of hydrogen-bond acceptors (Lipinski definition) is 4. The zero-order valence-corrected chi connectivity index (χ0v) is 13.0. The Bertz CT molecular complexity index is 768. The molecule has 0 aliphatic heterocycles. The van der Waals surface area contributed by atoms with E-state index in [2.05, 4.69) is 0 Å². The second-order valence-corrected chi connectivity index (χ2v) is 5.00. The van der Waals surface area contributed by atoms with Crippen molar-refractivity contribution in [3.63, 3.8) is 0 Å². The van der Waals surface area contributed by atoms with Crippen molar-refractivity contribution in [1.29, 1.82) is 0 Å². The third-order valence-electron chi connectivity index (χ3n) is 3.04. The highest BCUT2D eigenvalue weighted by Gasteiger charge is 2.09. The molecular formula is C17H15ClO4. The van der Waals surface area contributed by atoms with E-state index in [0.717, 1.165) is 16.5 Å². The van der Waals surface area contributed by atoms with Crippen molar-refractivity contribution in [1.82, 2.24) is 0 Å². The number of aldehydes is 1. The molecule has 0 saturated heterocycles. The summed E-state index contributed by atoms with van der Waals surface area (Å²) in [6, 6.07) is 7.27. The second kappa shape index (κ2) is 7.09. The molecule has 0 amide bonds. The molecule has 0 saturated carbocycles. The van der Waals surface area contributed by atoms with Crippen LogP contribution in [0.25, 0.3) is 21.6 Å². The van der Waals surface area contributed by atoms with Gasteiger partial charge in [0.05, 0.1) is 11.6 Å². The van der Waals surface area contributed by atoms with Gasteiger partial charge in [-0.1, -0.05) is 17.7 Å². The van der Waals surface area contributed by atoms with Gasteiger partial charge in [-0.25, -0.2) is 4.79 Å². The highest BCUT2D eigenvalue weighted by molar-refractivity contribution is 6.49. The normalized spacial score (nSPS) is 12.5. The lowest BCUT2D eigenvalue weighted by Gasteiger charge is -2.02. The summed E-state index contributed by atoms with van der Waals surface area (Å²) in [5.41, 5.74) is 2.32. The van der Waals surface area contributed by atoms with E-state index in [0.29, 0.717) is 24.2 Å². The molecule has 114 valence electrons. The van der Waals surface area contributed by atoms with Gasteiger partial charge in [-0.3, -0.25) is 4.79 Å². The van der Waals surface area contributed by atoms with Crippen LogP contribution in [0.4, 0.5) is 0 Å². The SMILES string of the molecule is CCOC(=O)/C=C(\C)c1ccc2oc(/C(Cl)=C/C=O)cc2c1. The van der Waals surface area contributed by atoms with Crippen molar-refractivity contribution in [3.8, 4) is 0 Å². The van der Waals surface area contributed by atoms with Crippen LogP contribution in [0.15, 0.2) is 40.8 Å². The highest BCUT2D eigenvalue weighted by atomic mass is 35.5. The molecule has 0 radical (unpaired) electrons. The molecule has 0 bridgehead atoms. The first kappa shape index (κ1) is 16.0. The minimum atomic E-state index is -0.370. The molecule has 1 aromatic carbocycles. The average molecular weight is 319 g/mol. The Morgan fingerprint density at radius 2 is 2.14 bits per heavy atom. The van der Waals surface area contributed by atoms with E-state index in [-0.39, 0.29) is 11.0 Å². The molecule has 0 unspecified atom stereocenters.